The molecule has 0 saturated carbocycles. The summed E-state index contributed by atoms with van der Waals surface area (Å²) in [5, 5.41) is 0.197. The van der Waals surface area contributed by atoms with E-state index in [0.29, 0.717) is 6.54 Å². The maximum absolute atomic E-state index is 13.3. The second-order valence-electron chi connectivity index (χ2n) is 4.90. The van der Waals surface area contributed by atoms with Crippen LogP contribution < -0.4 is 0 Å². The standard InChI is InChI=1S/C14H17ClFNO/c1-10(18)11-5-3-7-17(8-11)9-12-4-2-6-13(16)14(12)15/h2,4,6,11H,3,5,7-9H2,1H3. The molecule has 2 nitrogen and oxygen atoms in total. The smallest absolute Gasteiger partial charge is 0.142 e. The average Bonchev–Trinajstić information content (AvgIpc) is 2.35. The van der Waals surface area contributed by atoms with Crippen molar-refractivity contribution in [3.63, 3.8) is 0 Å². The third-order valence-corrected chi connectivity index (χ3v) is 3.93. The maximum atomic E-state index is 13.3. The van der Waals surface area contributed by atoms with Crippen LogP contribution in [0.2, 0.25) is 5.02 Å². The van der Waals surface area contributed by atoms with Crippen LogP contribution in [0.3, 0.4) is 0 Å². The first kappa shape index (κ1) is 13.5. The highest BCUT2D eigenvalue weighted by molar-refractivity contribution is 6.31. The summed E-state index contributed by atoms with van der Waals surface area (Å²) in [6, 6.07) is 4.87. The fourth-order valence-electron chi connectivity index (χ4n) is 2.44. The van der Waals surface area contributed by atoms with Gasteiger partial charge in [-0.3, -0.25) is 9.69 Å². The quantitative estimate of drug-likeness (QED) is 0.839. The lowest BCUT2D eigenvalue weighted by atomic mass is 9.94. The zero-order valence-electron chi connectivity index (χ0n) is 10.5. The topological polar surface area (TPSA) is 20.3 Å². The number of ketones is 1. The molecule has 0 bridgehead atoms. The lowest BCUT2D eigenvalue weighted by Gasteiger charge is -2.31. The highest BCUT2D eigenvalue weighted by Gasteiger charge is 2.23. The zero-order valence-corrected chi connectivity index (χ0v) is 11.2. The number of rotatable bonds is 3. The van der Waals surface area contributed by atoms with Crippen LogP contribution in [0.15, 0.2) is 18.2 Å². The van der Waals surface area contributed by atoms with Gasteiger partial charge in [0.25, 0.3) is 0 Å². The van der Waals surface area contributed by atoms with E-state index in [2.05, 4.69) is 4.90 Å². The molecule has 18 heavy (non-hydrogen) atoms. The molecule has 2 rings (SSSR count). The Hall–Kier alpha value is -0.930. The summed E-state index contributed by atoms with van der Waals surface area (Å²) in [6.45, 7) is 3.95. The van der Waals surface area contributed by atoms with E-state index >= 15 is 0 Å². The molecule has 98 valence electrons. The van der Waals surface area contributed by atoms with Crippen molar-refractivity contribution in [1.29, 1.82) is 0 Å². The van der Waals surface area contributed by atoms with Crippen LogP contribution in [-0.2, 0) is 11.3 Å². The van der Waals surface area contributed by atoms with E-state index in [1.54, 1.807) is 13.0 Å². The summed E-state index contributed by atoms with van der Waals surface area (Å²) in [4.78, 5) is 13.6. The molecule has 1 fully saturated rings. The van der Waals surface area contributed by atoms with Crippen molar-refractivity contribution >= 4 is 17.4 Å². The predicted octanol–water partition coefficient (Wildman–Crippen LogP) is 3.28. The Kier molecular flexibility index (Phi) is 4.36. The predicted molar refractivity (Wildman–Crippen MR) is 70.1 cm³/mol. The van der Waals surface area contributed by atoms with Gasteiger partial charge in [-0.1, -0.05) is 23.7 Å². The first-order chi connectivity index (χ1) is 8.58. The van der Waals surface area contributed by atoms with Crippen molar-refractivity contribution in [3.8, 4) is 0 Å². The minimum Gasteiger partial charge on any atom is -0.300 e. The summed E-state index contributed by atoms with van der Waals surface area (Å²) in [6.07, 6.45) is 1.97. The number of hydrogen-bond acceptors (Lipinski definition) is 2. The third kappa shape index (κ3) is 3.09. The van der Waals surface area contributed by atoms with Gasteiger partial charge in [-0.15, -0.1) is 0 Å². The SMILES string of the molecule is CC(=O)C1CCCN(Cc2cccc(F)c2Cl)C1. The van der Waals surface area contributed by atoms with Crippen LogP contribution in [0.4, 0.5) is 4.39 Å². The zero-order chi connectivity index (χ0) is 13.1. The lowest BCUT2D eigenvalue weighted by Crippen LogP contribution is -2.37. The Morgan fingerprint density at radius 2 is 2.33 bits per heavy atom. The minimum atomic E-state index is -0.380. The molecule has 1 aliphatic heterocycles. The van der Waals surface area contributed by atoms with Crippen LogP contribution in [0.25, 0.3) is 0 Å². The Morgan fingerprint density at radius 1 is 1.56 bits per heavy atom. The summed E-state index contributed by atoms with van der Waals surface area (Å²) in [5.41, 5.74) is 0.792. The van der Waals surface area contributed by atoms with Crippen molar-refractivity contribution < 1.29 is 9.18 Å². The van der Waals surface area contributed by atoms with Crippen molar-refractivity contribution in [2.24, 2.45) is 5.92 Å². The largest absolute Gasteiger partial charge is 0.300 e. The van der Waals surface area contributed by atoms with Gasteiger partial charge >= 0.3 is 0 Å². The van der Waals surface area contributed by atoms with E-state index in [4.69, 9.17) is 11.6 Å². The molecule has 4 heteroatoms. The van der Waals surface area contributed by atoms with E-state index in [1.165, 1.54) is 6.07 Å². The molecule has 1 aromatic carbocycles. The van der Waals surface area contributed by atoms with Crippen molar-refractivity contribution in [1.82, 2.24) is 4.90 Å². The third-order valence-electron chi connectivity index (χ3n) is 3.51. The second kappa shape index (κ2) is 5.81. The summed E-state index contributed by atoms with van der Waals surface area (Å²) >= 11 is 5.94. The Morgan fingerprint density at radius 3 is 3.06 bits per heavy atom. The van der Waals surface area contributed by atoms with Crippen LogP contribution in [-0.4, -0.2) is 23.8 Å². The molecule has 1 heterocycles. The van der Waals surface area contributed by atoms with Gasteiger partial charge in [0, 0.05) is 19.0 Å². The molecule has 0 amide bonds. The normalized spacial score (nSPS) is 20.9. The van der Waals surface area contributed by atoms with Gasteiger partial charge in [-0.2, -0.15) is 0 Å². The summed E-state index contributed by atoms with van der Waals surface area (Å²) in [5.74, 6) is -0.0228. The summed E-state index contributed by atoms with van der Waals surface area (Å²) in [7, 11) is 0. The average molecular weight is 270 g/mol. The van der Waals surface area contributed by atoms with E-state index in [9.17, 15) is 9.18 Å². The van der Waals surface area contributed by atoms with Crippen LogP contribution in [0.5, 0.6) is 0 Å². The van der Waals surface area contributed by atoms with E-state index < -0.39 is 0 Å². The first-order valence-corrected chi connectivity index (χ1v) is 6.61. The molecule has 1 atom stereocenters. The molecule has 1 unspecified atom stereocenters. The van der Waals surface area contributed by atoms with Crippen molar-refractivity contribution in [2.45, 2.75) is 26.3 Å². The monoisotopic (exact) mass is 269 g/mol. The molecule has 0 N–H and O–H groups in total. The van der Waals surface area contributed by atoms with Crippen LogP contribution in [0, 0.1) is 11.7 Å². The number of hydrogen-bond donors (Lipinski definition) is 0. The molecule has 0 radical (unpaired) electrons. The molecule has 1 aromatic rings. The highest BCUT2D eigenvalue weighted by atomic mass is 35.5. The second-order valence-corrected chi connectivity index (χ2v) is 5.28. The van der Waals surface area contributed by atoms with Gasteiger partial charge in [-0.25, -0.2) is 4.39 Å². The Labute approximate surface area is 112 Å². The first-order valence-electron chi connectivity index (χ1n) is 6.23. The number of carbonyl (C=O) groups excluding carboxylic acids is 1. The van der Waals surface area contributed by atoms with Crippen LogP contribution in [0.1, 0.15) is 25.3 Å². The molecule has 0 aromatic heterocycles. The number of carbonyl (C=O) groups is 1. The van der Waals surface area contributed by atoms with Gasteiger partial charge in [0.1, 0.15) is 11.6 Å². The van der Waals surface area contributed by atoms with Gasteiger partial charge in [-0.05, 0) is 37.9 Å². The molecular weight excluding hydrogens is 253 g/mol. The minimum absolute atomic E-state index is 0.117. The van der Waals surface area contributed by atoms with Gasteiger partial charge < -0.3 is 0 Å². The molecular formula is C14H17ClFNO. The fourth-order valence-corrected chi connectivity index (χ4v) is 2.63. The maximum Gasteiger partial charge on any atom is 0.142 e. The Balaban J connectivity index is 2.05. The number of halogens is 2. The molecule has 1 saturated heterocycles. The summed E-state index contributed by atoms with van der Waals surface area (Å²) < 4.78 is 13.3. The number of likely N-dealkylation sites (tertiary alicyclic amines) is 1. The van der Waals surface area contributed by atoms with E-state index in [0.717, 1.165) is 31.5 Å². The number of benzene rings is 1. The fraction of sp³-hybridized carbons (Fsp3) is 0.500. The van der Waals surface area contributed by atoms with Crippen molar-refractivity contribution in [2.75, 3.05) is 13.1 Å². The van der Waals surface area contributed by atoms with E-state index in [-0.39, 0.29) is 22.5 Å². The van der Waals surface area contributed by atoms with Crippen LogP contribution >= 0.6 is 11.6 Å². The highest BCUT2D eigenvalue weighted by Crippen LogP contribution is 2.24. The lowest BCUT2D eigenvalue weighted by molar-refractivity contribution is -0.122. The Bertz CT molecular complexity index is 449. The molecule has 0 spiro atoms. The number of piperidine rings is 1. The number of Topliss-reactive ketones (excluding diaryl/α,β-unsaturated/α-hetero) is 1. The molecule has 0 aliphatic carbocycles. The molecule has 1 aliphatic rings. The van der Waals surface area contributed by atoms with E-state index in [1.807, 2.05) is 6.07 Å². The van der Waals surface area contributed by atoms with Crippen molar-refractivity contribution in [3.05, 3.63) is 34.6 Å². The van der Waals surface area contributed by atoms with Gasteiger partial charge in [0.05, 0.1) is 5.02 Å². The number of nitrogens with zero attached hydrogens (tertiary/aromatic N) is 1. The van der Waals surface area contributed by atoms with Gasteiger partial charge in [0.15, 0.2) is 0 Å². The van der Waals surface area contributed by atoms with Gasteiger partial charge in [0.2, 0.25) is 0 Å².